The molecule has 0 aromatic carbocycles. The SMILES string of the molecule is CO[C@@H]1CCCC[C@H]1NC(=O)NCCCC(=O)O. The number of amides is 2. The molecule has 0 saturated heterocycles. The van der Waals surface area contributed by atoms with Crippen LogP contribution in [0.4, 0.5) is 4.79 Å². The predicted molar refractivity (Wildman–Crippen MR) is 66.5 cm³/mol. The van der Waals surface area contributed by atoms with Gasteiger partial charge >= 0.3 is 12.0 Å². The molecule has 1 aliphatic carbocycles. The Kier molecular flexibility index (Phi) is 6.49. The van der Waals surface area contributed by atoms with Gasteiger partial charge < -0.3 is 20.5 Å². The molecule has 1 aliphatic rings. The maximum Gasteiger partial charge on any atom is 0.315 e. The smallest absolute Gasteiger partial charge is 0.315 e. The van der Waals surface area contributed by atoms with E-state index in [0.717, 1.165) is 25.7 Å². The number of hydrogen-bond donors (Lipinski definition) is 3. The van der Waals surface area contributed by atoms with Crippen molar-refractivity contribution in [3.05, 3.63) is 0 Å². The lowest BCUT2D eigenvalue weighted by Crippen LogP contribution is -2.49. The van der Waals surface area contributed by atoms with Crippen LogP contribution in [0.3, 0.4) is 0 Å². The van der Waals surface area contributed by atoms with E-state index in [9.17, 15) is 9.59 Å². The molecule has 0 aromatic rings. The number of carbonyl (C=O) groups is 2. The van der Waals surface area contributed by atoms with Crippen molar-refractivity contribution in [2.45, 2.75) is 50.7 Å². The van der Waals surface area contributed by atoms with Crippen LogP contribution < -0.4 is 10.6 Å². The molecule has 0 aliphatic heterocycles. The molecule has 18 heavy (non-hydrogen) atoms. The molecule has 0 aromatic heterocycles. The first-order valence-electron chi connectivity index (χ1n) is 6.42. The zero-order valence-electron chi connectivity index (χ0n) is 10.8. The Morgan fingerprint density at radius 1 is 1.33 bits per heavy atom. The summed E-state index contributed by atoms with van der Waals surface area (Å²) in [6.07, 6.45) is 4.75. The average molecular weight is 258 g/mol. The number of rotatable bonds is 6. The Bertz CT molecular complexity index is 283. The van der Waals surface area contributed by atoms with Crippen LogP contribution in [0.2, 0.25) is 0 Å². The van der Waals surface area contributed by atoms with Crippen molar-refractivity contribution in [1.82, 2.24) is 10.6 Å². The second kappa shape index (κ2) is 7.92. The lowest BCUT2D eigenvalue weighted by molar-refractivity contribution is -0.137. The highest BCUT2D eigenvalue weighted by atomic mass is 16.5. The van der Waals surface area contributed by atoms with Crippen LogP contribution in [0.1, 0.15) is 38.5 Å². The number of hydrogen-bond acceptors (Lipinski definition) is 3. The van der Waals surface area contributed by atoms with Crippen molar-refractivity contribution >= 4 is 12.0 Å². The fourth-order valence-corrected chi connectivity index (χ4v) is 2.21. The standard InChI is InChI=1S/C12H22N2O4/c1-18-10-6-3-2-5-9(10)14-12(17)13-8-4-7-11(15)16/h9-10H,2-8H2,1H3,(H,15,16)(H2,13,14,17)/t9-,10-/m1/s1. The number of ether oxygens (including phenoxy) is 1. The number of aliphatic carboxylic acids is 1. The van der Waals surface area contributed by atoms with Gasteiger partial charge in [-0.2, -0.15) is 0 Å². The highest BCUT2D eigenvalue weighted by Crippen LogP contribution is 2.20. The van der Waals surface area contributed by atoms with E-state index in [-0.39, 0.29) is 24.6 Å². The minimum absolute atomic E-state index is 0.0585. The minimum Gasteiger partial charge on any atom is -0.481 e. The number of carboxylic acids is 1. The van der Waals surface area contributed by atoms with Crippen LogP contribution in [0.15, 0.2) is 0 Å². The van der Waals surface area contributed by atoms with E-state index < -0.39 is 5.97 Å². The van der Waals surface area contributed by atoms with Crippen LogP contribution in [-0.2, 0) is 9.53 Å². The summed E-state index contributed by atoms with van der Waals surface area (Å²) in [5, 5.41) is 14.0. The molecule has 1 saturated carbocycles. The molecular weight excluding hydrogens is 236 g/mol. The number of nitrogens with one attached hydrogen (secondary N) is 2. The highest BCUT2D eigenvalue weighted by Gasteiger charge is 2.25. The van der Waals surface area contributed by atoms with Gasteiger partial charge in [0.1, 0.15) is 0 Å². The normalized spacial score (nSPS) is 23.4. The van der Waals surface area contributed by atoms with E-state index in [1.807, 2.05) is 0 Å². The number of urea groups is 1. The molecule has 6 heteroatoms. The molecule has 1 rings (SSSR count). The first kappa shape index (κ1) is 14.8. The van der Waals surface area contributed by atoms with E-state index in [1.165, 1.54) is 0 Å². The fraction of sp³-hybridized carbons (Fsp3) is 0.833. The molecule has 0 unspecified atom stereocenters. The lowest BCUT2D eigenvalue weighted by Gasteiger charge is -2.31. The van der Waals surface area contributed by atoms with E-state index >= 15 is 0 Å². The molecule has 2 amide bonds. The zero-order valence-corrected chi connectivity index (χ0v) is 10.8. The third kappa shape index (κ3) is 5.35. The Balaban J connectivity index is 2.19. The Labute approximate surface area is 107 Å². The van der Waals surface area contributed by atoms with Crippen LogP contribution in [0.5, 0.6) is 0 Å². The molecule has 2 atom stereocenters. The number of carbonyl (C=O) groups excluding carboxylic acids is 1. The summed E-state index contributed by atoms with van der Waals surface area (Å²) in [4.78, 5) is 21.9. The number of methoxy groups -OCH3 is 1. The Morgan fingerprint density at radius 3 is 2.72 bits per heavy atom. The maximum absolute atomic E-state index is 11.6. The first-order valence-corrected chi connectivity index (χ1v) is 6.42. The predicted octanol–water partition coefficient (Wildman–Crippen LogP) is 1.11. The molecule has 6 nitrogen and oxygen atoms in total. The van der Waals surface area contributed by atoms with Gasteiger partial charge in [-0.3, -0.25) is 4.79 Å². The van der Waals surface area contributed by atoms with Gasteiger partial charge in [-0.15, -0.1) is 0 Å². The summed E-state index contributed by atoms with van der Waals surface area (Å²) >= 11 is 0. The second-order valence-corrected chi connectivity index (χ2v) is 4.56. The highest BCUT2D eigenvalue weighted by molar-refractivity contribution is 5.74. The molecule has 1 fully saturated rings. The van der Waals surface area contributed by atoms with Gasteiger partial charge in [0.05, 0.1) is 12.1 Å². The van der Waals surface area contributed by atoms with Crippen molar-refractivity contribution < 1.29 is 19.4 Å². The van der Waals surface area contributed by atoms with Crippen LogP contribution >= 0.6 is 0 Å². The summed E-state index contributed by atoms with van der Waals surface area (Å²) in [6, 6.07) is -0.183. The summed E-state index contributed by atoms with van der Waals surface area (Å²) in [6.45, 7) is 0.377. The van der Waals surface area contributed by atoms with E-state index in [1.54, 1.807) is 7.11 Å². The molecule has 0 bridgehead atoms. The van der Waals surface area contributed by atoms with Crippen molar-refractivity contribution in [3.63, 3.8) is 0 Å². The van der Waals surface area contributed by atoms with Crippen LogP contribution in [0, 0.1) is 0 Å². The van der Waals surface area contributed by atoms with Gasteiger partial charge in [0, 0.05) is 20.1 Å². The van der Waals surface area contributed by atoms with Crippen molar-refractivity contribution in [2.24, 2.45) is 0 Å². The lowest BCUT2D eigenvalue weighted by atomic mass is 9.92. The average Bonchev–Trinajstić information content (AvgIpc) is 2.35. The van der Waals surface area contributed by atoms with Gasteiger partial charge in [0.2, 0.25) is 0 Å². The number of carboxylic acid groups (broad SMARTS) is 1. The minimum atomic E-state index is -0.844. The Hall–Kier alpha value is -1.30. The maximum atomic E-state index is 11.6. The van der Waals surface area contributed by atoms with Gasteiger partial charge in [0.15, 0.2) is 0 Å². The topological polar surface area (TPSA) is 87.7 Å². The monoisotopic (exact) mass is 258 g/mol. The fourth-order valence-electron chi connectivity index (χ4n) is 2.21. The van der Waals surface area contributed by atoms with E-state index in [2.05, 4.69) is 10.6 Å². The summed E-state index contributed by atoms with van der Waals surface area (Å²) in [5.74, 6) is -0.844. The second-order valence-electron chi connectivity index (χ2n) is 4.56. The summed E-state index contributed by atoms with van der Waals surface area (Å²) < 4.78 is 5.34. The van der Waals surface area contributed by atoms with E-state index in [0.29, 0.717) is 13.0 Å². The first-order chi connectivity index (χ1) is 8.63. The van der Waals surface area contributed by atoms with Crippen molar-refractivity contribution in [3.8, 4) is 0 Å². The van der Waals surface area contributed by atoms with Crippen LogP contribution in [-0.4, -0.2) is 42.9 Å². The van der Waals surface area contributed by atoms with Gasteiger partial charge in [-0.25, -0.2) is 4.79 Å². The molecule has 0 heterocycles. The van der Waals surface area contributed by atoms with Gasteiger partial charge in [-0.05, 0) is 19.3 Å². The zero-order chi connectivity index (χ0) is 13.4. The van der Waals surface area contributed by atoms with Gasteiger partial charge in [-0.1, -0.05) is 12.8 Å². The third-order valence-corrected chi connectivity index (χ3v) is 3.17. The van der Waals surface area contributed by atoms with Crippen molar-refractivity contribution in [1.29, 1.82) is 0 Å². The largest absolute Gasteiger partial charge is 0.481 e. The third-order valence-electron chi connectivity index (χ3n) is 3.17. The molecule has 104 valence electrons. The summed E-state index contributed by atoms with van der Waals surface area (Å²) in [7, 11) is 1.66. The van der Waals surface area contributed by atoms with Crippen LogP contribution in [0.25, 0.3) is 0 Å². The quantitative estimate of drug-likeness (QED) is 0.623. The van der Waals surface area contributed by atoms with Crippen molar-refractivity contribution in [2.75, 3.05) is 13.7 Å². The molecule has 3 N–H and O–H groups in total. The van der Waals surface area contributed by atoms with E-state index in [4.69, 9.17) is 9.84 Å². The molecule has 0 spiro atoms. The Morgan fingerprint density at radius 2 is 2.06 bits per heavy atom. The molecular formula is C12H22N2O4. The molecule has 0 radical (unpaired) electrons. The summed E-state index contributed by atoms with van der Waals surface area (Å²) in [5.41, 5.74) is 0. The van der Waals surface area contributed by atoms with Gasteiger partial charge in [0.25, 0.3) is 0 Å².